The van der Waals surface area contributed by atoms with Crippen LogP contribution in [0, 0.1) is 0 Å². The highest BCUT2D eigenvalue weighted by Gasteiger charge is 2.31. The summed E-state index contributed by atoms with van der Waals surface area (Å²) >= 11 is 0. The highest BCUT2D eigenvalue weighted by atomic mass is 19.4. The lowest BCUT2D eigenvalue weighted by Crippen LogP contribution is -2.17. The van der Waals surface area contributed by atoms with Crippen molar-refractivity contribution in [2.75, 3.05) is 12.4 Å². The second-order valence-corrected chi connectivity index (χ2v) is 3.61. The number of hydrogen-bond acceptors (Lipinski definition) is 4. The second kappa shape index (κ2) is 5.13. The highest BCUT2D eigenvalue weighted by Crippen LogP contribution is 2.27. The van der Waals surface area contributed by atoms with E-state index in [-0.39, 0.29) is 5.75 Å². The van der Waals surface area contributed by atoms with E-state index in [1.165, 1.54) is 24.5 Å². The fraction of sp³-hybridized carbons (Fsp3) is 0.167. The smallest absolute Gasteiger partial charge is 0.406 e. The molecule has 2 aromatic rings. The largest absolute Gasteiger partial charge is 0.573 e. The molecule has 100 valence electrons. The summed E-state index contributed by atoms with van der Waals surface area (Å²) in [5, 5.41) is 2.83. The summed E-state index contributed by atoms with van der Waals surface area (Å²) in [7, 11) is 1.69. The molecule has 0 saturated heterocycles. The minimum Gasteiger partial charge on any atom is -0.406 e. The van der Waals surface area contributed by atoms with Crippen molar-refractivity contribution in [1.29, 1.82) is 0 Å². The number of benzene rings is 1. The summed E-state index contributed by atoms with van der Waals surface area (Å²) in [5.74, 6) is 0.293. The molecule has 0 bridgehead atoms. The van der Waals surface area contributed by atoms with Crippen molar-refractivity contribution in [1.82, 2.24) is 9.97 Å². The molecule has 0 radical (unpaired) electrons. The van der Waals surface area contributed by atoms with Gasteiger partial charge in [0.05, 0.1) is 5.69 Å². The van der Waals surface area contributed by atoms with E-state index in [1.807, 2.05) is 0 Å². The van der Waals surface area contributed by atoms with Crippen LogP contribution in [0.3, 0.4) is 0 Å². The molecular weight excluding hydrogens is 259 g/mol. The van der Waals surface area contributed by atoms with Gasteiger partial charge in [0.1, 0.15) is 17.9 Å². The molecular formula is C12H10F3N3O. The highest BCUT2D eigenvalue weighted by molar-refractivity contribution is 5.63. The van der Waals surface area contributed by atoms with Crippen LogP contribution in [0.25, 0.3) is 11.3 Å². The zero-order valence-electron chi connectivity index (χ0n) is 9.90. The maximum absolute atomic E-state index is 12.1. The van der Waals surface area contributed by atoms with Crippen molar-refractivity contribution in [3.63, 3.8) is 0 Å². The Balaban J connectivity index is 2.32. The molecule has 0 fully saturated rings. The van der Waals surface area contributed by atoms with Gasteiger partial charge in [0, 0.05) is 18.7 Å². The third kappa shape index (κ3) is 3.57. The minimum atomic E-state index is -4.71. The average Bonchev–Trinajstić information content (AvgIpc) is 2.37. The third-order valence-corrected chi connectivity index (χ3v) is 2.29. The summed E-state index contributed by atoms with van der Waals surface area (Å²) in [6, 6.07) is 7.25. The van der Waals surface area contributed by atoms with Gasteiger partial charge in [0.25, 0.3) is 0 Å². The van der Waals surface area contributed by atoms with Crippen LogP contribution in [0.5, 0.6) is 5.75 Å². The lowest BCUT2D eigenvalue weighted by atomic mass is 10.1. The van der Waals surface area contributed by atoms with Crippen LogP contribution < -0.4 is 10.1 Å². The first kappa shape index (κ1) is 13.1. The number of rotatable bonds is 3. The number of aromatic nitrogens is 2. The lowest BCUT2D eigenvalue weighted by molar-refractivity contribution is -0.274. The summed E-state index contributed by atoms with van der Waals surface area (Å²) < 4.78 is 40.3. The summed E-state index contributed by atoms with van der Waals surface area (Å²) in [4.78, 5) is 7.94. The average molecular weight is 269 g/mol. The van der Waals surface area contributed by atoms with Gasteiger partial charge in [-0.3, -0.25) is 0 Å². The van der Waals surface area contributed by atoms with E-state index in [0.717, 1.165) is 0 Å². The molecule has 0 aliphatic carbocycles. The number of anilines is 1. The van der Waals surface area contributed by atoms with Crippen LogP contribution in [0.4, 0.5) is 19.0 Å². The van der Waals surface area contributed by atoms with Gasteiger partial charge in [-0.15, -0.1) is 13.2 Å². The zero-order valence-corrected chi connectivity index (χ0v) is 9.90. The molecule has 0 spiro atoms. The Morgan fingerprint density at radius 1 is 1.16 bits per heavy atom. The van der Waals surface area contributed by atoms with E-state index in [0.29, 0.717) is 17.1 Å². The molecule has 0 aliphatic rings. The summed E-state index contributed by atoms with van der Waals surface area (Å²) in [6.07, 6.45) is -3.38. The van der Waals surface area contributed by atoms with Gasteiger partial charge in [0.15, 0.2) is 0 Å². The Kier molecular flexibility index (Phi) is 3.55. The first-order valence-electron chi connectivity index (χ1n) is 5.34. The second-order valence-electron chi connectivity index (χ2n) is 3.61. The third-order valence-electron chi connectivity index (χ3n) is 2.29. The molecule has 0 unspecified atom stereocenters. The number of nitrogens with zero attached hydrogens (tertiary/aromatic N) is 2. The van der Waals surface area contributed by atoms with Crippen LogP contribution in [-0.2, 0) is 0 Å². The fourth-order valence-corrected chi connectivity index (χ4v) is 1.50. The van der Waals surface area contributed by atoms with Crippen molar-refractivity contribution in [2.45, 2.75) is 6.36 Å². The SMILES string of the molecule is CNc1cc(-c2cccc(OC(F)(F)F)c2)ncn1. The van der Waals surface area contributed by atoms with Gasteiger partial charge in [-0.2, -0.15) is 0 Å². The number of halogens is 3. The van der Waals surface area contributed by atoms with Crippen molar-refractivity contribution in [2.24, 2.45) is 0 Å². The van der Waals surface area contributed by atoms with Gasteiger partial charge in [-0.25, -0.2) is 9.97 Å². The van der Waals surface area contributed by atoms with Gasteiger partial charge in [-0.05, 0) is 12.1 Å². The maximum atomic E-state index is 12.1. The normalized spacial score (nSPS) is 11.2. The Morgan fingerprint density at radius 3 is 2.63 bits per heavy atom. The molecule has 4 nitrogen and oxygen atoms in total. The molecule has 2 rings (SSSR count). The summed E-state index contributed by atoms with van der Waals surface area (Å²) in [6.45, 7) is 0. The standard InChI is InChI=1S/C12H10F3N3O/c1-16-11-6-10(17-7-18-11)8-3-2-4-9(5-8)19-12(13,14)15/h2-7H,1H3,(H,16,17,18). The maximum Gasteiger partial charge on any atom is 0.573 e. The van der Waals surface area contributed by atoms with Crippen LogP contribution in [0.15, 0.2) is 36.7 Å². The number of ether oxygens (including phenoxy) is 1. The van der Waals surface area contributed by atoms with Crippen molar-refractivity contribution in [3.05, 3.63) is 36.7 Å². The quantitative estimate of drug-likeness (QED) is 0.930. The first-order valence-corrected chi connectivity index (χ1v) is 5.34. The number of hydrogen-bond donors (Lipinski definition) is 1. The number of alkyl halides is 3. The zero-order chi connectivity index (χ0) is 13.9. The van der Waals surface area contributed by atoms with E-state index in [1.54, 1.807) is 19.2 Å². The van der Waals surface area contributed by atoms with E-state index < -0.39 is 6.36 Å². The lowest BCUT2D eigenvalue weighted by Gasteiger charge is -2.10. The predicted octanol–water partition coefficient (Wildman–Crippen LogP) is 3.08. The molecule has 1 aromatic carbocycles. The molecule has 0 atom stereocenters. The van der Waals surface area contributed by atoms with Gasteiger partial charge < -0.3 is 10.1 Å². The van der Waals surface area contributed by atoms with Crippen molar-refractivity contribution < 1.29 is 17.9 Å². The fourth-order valence-electron chi connectivity index (χ4n) is 1.50. The van der Waals surface area contributed by atoms with Gasteiger partial charge >= 0.3 is 6.36 Å². The van der Waals surface area contributed by atoms with Crippen LogP contribution >= 0.6 is 0 Å². The Bertz CT molecular complexity index is 572. The van der Waals surface area contributed by atoms with E-state index >= 15 is 0 Å². The topological polar surface area (TPSA) is 47.0 Å². The molecule has 7 heteroatoms. The summed E-state index contributed by atoms with van der Waals surface area (Å²) in [5.41, 5.74) is 1.02. The molecule has 0 saturated carbocycles. The predicted molar refractivity (Wildman–Crippen MR) is 63.7 cm³/mol. The first-order chi connectivity index (χ1) is 8.98. The Morgan fingerprint density at radius 2 is 1.95 bits per heavy atom. The van der Waals surface area contributed by atoms with Crippen LogP contribution in [0.2, 0.25) is 0 Å². The van der Waals surface area contributed by atoms with Gasteiger partial charge in [0.2, 0.25) is 0 Å². The minimum absolute atomic E-state index is 0.283. The van der Waals surface area contributed by atoms with Crippen molar-refractivity contribution in [3.8, 4) is 17.0 Å². The molecule has 19 heavy (non-hydrogen) atoms. The van der Waals surface area contributed by atoms with Crippen LogP contribution in [-0.4, -0.2) is 23.4 Å². The van der Waals surface area contributed by atoms with E-state index in [2.05, 4.69) is 20.0 Å². The monoisotopic (exact) mass is 269 g/mol. The molecule has 1 aromatic heterocycles. The molecule has 1 N–H and O–H groups in total. The van der Waals surface area contributed by atoms with Crippen LogP contribution in [0.1, 0.15) is 0 Å². The molecule has 0 aliphatic heterocycles. The number of nitrogens with one attached hydrogen (secondary N) is 1. The van der Waals surface area contributed by atoms with E-state index in [9.17, 15) is 13.2 Å². The molecule has 0 amide bonds. The van der Waals surface area contributed by atoms with Crippen molar-refractivity contribution >= 4 is 5.82 Å². The Hall–Kier alpha value is -2.31. The van der Waals surface area contributed by atoms with Gasteiger partial charge in [-0.1, -0.05) is 12.1 Å². The molecule has 1 heterocycles. The van der Waals surface area contributed by atoms with E-state index in [4.69, 9.17) is 0 Å². The Labute approximate surface area is 107 Å².